The van der Waals surface area contributed by atoms with Gasteiger partial charge in [-0.25, -0.2) is 0 Å². The lowest BCUT2D eigenvalue weighted by Crippen LogP contribution is -2.40. The average Bonchev–Trinajstić information content (AvgIpc) is 2.39. The zero-order valence-electron chi connectivity index (χ0n) is 9.99. The molecule has 92 valence electrons. The third-order valence-corrected chi connectivity index (χ3v) is 4.37. The summed E-state index contributed by atoms with van der Waals surface area (Å²) in [5.74, 6) is 0. The Bertz CT molecular complexity index is 401. The number of halogens is 1. The Hall–Kier alpha value is -0.380. The van der Waals surface area contributed by atoms with Crippen LogP contribution in [0.4, 0.5) is 0 Å². The van der Waals surface area contributed by atoms with E-state index >= 15 is 0 Å². The third kappa shape index (κ3) is 2.42. The molecule has 0 saturated carbocycles. The highest BCUT2D eigenvalue weighted by atomic mass is 79.9. The van der Waals surface area contributed by atoms with Gasteiger partial charge in [-0.15, -0.1) is 0 Å². The van der Waals surface area contributed by atoms with E-state index in [0.29, 0.717) is 6.04 Å². The minimum Gasteiger partial charge on any atom is -0.379 e. The Morgan fingerprint density at radius 1 is 1.24 bits per heavy atom. The lowest BCUT2D eigenvalue weighted by atomic mass is 9.86. The molecule has 3 heteroatoms. The van der Waals surface area contributed by atoms with Gasteiger partial charge in [0.2, 0.25) is 0 Å². The summed E-state index contributed by atoms with van der Waals surface area (Å²) in [6.45, 7) is 3.95. The van der Waals surface area contributed by atoms with Crippen molar-refractivity contribution in [2.45, 2.75) is 25.3 Å². The van der Waals surface area contributed by atoms with Crippen molar-refractivity contribution in [1.82, 2.24) is 4.90 Å². The van der Waals surface area contributed by atoms with Gasteiger partial charge in [0.05, 0.1) is 13.2 Å². The van der Waals surface area contributed by atoms with Crippen molar-refractivity contribution in [2.75, 3.05) is 26.3 Å². The van der Waals surface area contributed by atoms with Gasteiger partial charge in [0.15, 0.2) is 0 Å². The second-order valence-corrected chi connectivity index (χ2v) is 5.82. The summed E-state index contributed by atoms with van der Waals surface area (Å²) in [7, 11) is 0. The zero-order chi connectivity index (χ0) is 11.7. The predicted molar refractivity (Wildman–Crippen MR) is 72.2 cm³/mol. The van der Waals surface area contributed by atoms with Gasteiger partial charge in [-0.05, 0) is 42.5 Å². The van der Waals surface area contributed by atoms with Crippen LogP contribution in [-0.4, -0.2) is 31.2 Å². The fourth-order valence-electron chi connectivity index (χ4n) is 3.03. The van der Waals surface area contributed by atoms with Gasteiger partial charge in [-0.1, -0.05) is 22.0 Å². The van der Waals surface area contributed by atoms with E-state index in [1.165, 1.54) is 29.3 Å². The molecular formula is C14H18BrNO. The van der Waals surface area contributed by atoms with Gasteiger partial charge >= 0.3 is 0 Å². The summed E-state index contributed by atoms with van der Waals surface area (Å²) in [4.78, 5) is 2.59. The molecule has 1 heterocycles. The molecule has 0 radical (unpaired) electrons. The van der Waals surface area contributed by atoms with Crippen LogP contribution in [0.2, 0.25) is 0 Å². The van der Waals surface area contributed by atoms with E-state index in [9.17, 15) is 0 Å². The Morgan fingerprint density at radius 2 is 2.06 bits per heavy atom. The van der Waals surface area contributed by atoms with Crippen LogP contribution < -0.4 is 0 Å². The summed E-state index contributed by atoms with van der Waals surface area (Å²) in [5, 5.41) is 0. The van der Waals surface area contributed by atoms with Crippen LogP contribution in [0.5, 0.6) is 0 Å². The van der Waals surface area contributed by atoms with Crippen molar-refractivity contribution in [1.29, 1.82) is 0 Å². The molecule has 0 spiro atoms. The molecule has 2 aliphatic rings. The van der Waals surface area contributed by atoms with Crippen LogP contribution in [0.3, 0.4) is 0 Å². The molecule has 2 nitrogen and oxygen atoms in total. The largest absolute Gasteiger partial charge is 0.379 e. The normalized spacial score (nSPS) is 25.6. The summed E-state index contributed by atoms with van der Waals surface area (Å²) < 4.78 is 6.66. The van der Waals surface area contributed by atoms with Crippen LogP contribution in [-0.2, 0) is 11.2 Å². The second kappa shape index (κ2) is 5.09. The van der Waals surface area contributed by atoms with E-state index < -0.39 is 0 Å². The van der Waals surface area contributed by atoms with Crippen LogP contribution in [0, 0.1) is 0 Å². The molecule has 0 bridgehead atoms. The maximum absolute atomic E-state index is 5.45. The maximum Gasteiger partial charge on any atom is 0.0594 e. The first-order chi connectivity index (χ1) is 8.34. The minimum absolute atomic E-state index is 0.621. The van der Waals surface area contributed by atoms with Crippen LogP contribution in [0.1, 0.15) is 30.0 Å². The van der Waals surface area contributed by atoms with Gasteiger partial charge in [0.1, 0.15) is 0 Å². The molecule has 0 amide bonds. The number of nitrogens with zero attached hydrogens (tertiary/aromatic N) is 1. The summed E-state index contributed by atoms with van der Waals surface area (Å²) in [6, 6.07) is 7.40. The van der Waals surface area contributed by atoms with Crippen LogP contribution in [0.25, 0.3) is 0 Å². The van der Waals surface area contributed by atoms with Gasteiger partial charge < -0.3 is 4.74 Å². The smallest absolute Gasteiger partial charge is 0.0594 e. The molecule has 1 unspecified atom stereocenters. The van der Waals surface area contributed by atoms with Crippen LogP contribution in [0.15, 0.2) is 22.7 Å². The fourth-order valence-corrected chi connectivity index (χ4v) is 3.43. The molecule has 1 fully saturated rings. The number of ether oxygens (including phenoxy) is 1. The lowest BCUT2D eigenvalue weighted by Gasteiger charge is -2.38. The molecule has 17 heavy (non-hydrogen) atoms. The Labute approximate surface area is 111 Å². The quantitative estimate of drug-likeness (QED) is 0.789. The van der Waals surface area contributed by atoms with E-state index in [2.05, 4.69) is 39.0 Å². The number of fused-ring (bicyclic) bond motifs is 1. The van der Waals surface area contributed by atoms with Gasteiger partial charge in [-0.2, -0.15) is 0 Å². The van der Waals surface area contributed by atoms with Crippen molar-refractivity contribution in [2.24, 2.45) is 0 Å². The summed E-state index contributed by atoms with van der Waals surface area (Å²) in [5.41, 5.74) is 3.07. The number of hydrogen-bond donors (Lipinski definition) is 0. The van der Waals surface area contributed by atoms with Crippen molar-refractivity contribution in [3.05, 3.63) is 33.8 Å². The highest BCUT2D eigenvalue weighted by Gasteiger charge is 2.26. The Balaban J connectivity index is 1.88. The number of morpholine rings is 1. The van der Waals surface area contributed by atoms with Gasteiger partial charge in [0, 0.05) is 23.6 Å². The van der Waals surface area contributed by atoms with Crippen molar-refractivity contribution >= 4 is 15.9 Å². The average molecular weight is 296 g/mol. The van der Waals surface area contributed by atoms with E-state index in [-0.39, 0.29) is 0 Å². The predicted octanol–water partition coefficient (Wildman–Crippen LogP) is 3.16. The SMILES string of the molecule is Brc1ccc2c(c1)CCCC2N1CCOCC1. The number of aryl methyl sites for hydroxylation is 1. The summed E-state index contributed by atoms with van der Waals surface area (Å²) >= 11 is 3.57. The highest BCUT2D eigenvalue weighted by molar-refractivity contribution is 9.10. The monoisotopic (exact) mass is 295 g/mol. The van der Waals surface area contributed by atoms with Crippen LogP contribution >= 0.6 is 15.9 Å². The molecule has 1 aromatic carbocycles. The zero-order valence-corrected chi connectivity index (χ0v) is 11.6. The van der Waals surface area contributed by atoms with E-state index in [4.69, 9.17) is 4.74 Å². The molecular weight excluding hydrogens is 278 g/mol. The molecule has 3 rings (SSSR count). The molecule has 0 aromatic heterocycles. The van der Waals surface area contributed by atoms with Crippen molar-refractivity contribution in [3.63, 3.8) is 0 Å². The molecule has 1 aliphatic heterocycles. The topological polar surface area (TPSA) is 12.5 Å². The van der Waals surface area contributed by atoms with E-state index in [0.717, 1.165) is 26.3 Å². The van der Waals surface area contributed by atoms with Crippen molar-refractivity contribution < 1.29 is 4.74 Å². The van der Waals surface area contributed by atoms with Gasteiger partial charge in [0.25, 0.3) is 0 Å². The Morgan fingerprint density at radius 3 is 2.88 bits per heavy atom. The Kier molecular flexibility index (Phi) is 3.50. The minimum atomic E-state index is 0.621. The molecule has 1 aromatic rings. The first-order valence-corrected chi connectivity index (χ1v) is 7.24. The fraction of sp³-hybridized carbons (Fsp3) is 0.571. The van der Waals surface area contributed by atoms with Gasteiger partial charge in [-0.3, -0.25) is 4.90 Å². The number of benzene rings is 1. The summed E-state index contributed by atoms with van der Waals surface area (Å²) in [6.07, 6.45) is 3.84. The molecule has 0 N–H and O–H groups in total. The van der Waals surface area contributed by atoms with Crippen molar-refractivity contribution in [3.8, 4) is 0 Å². The number of hydrogen-bond acceptors (Lipinski definition) is 2. The first kappa shape index (κ1) is 11.7. The third-order valence-electron chi connectivity index (χ3n) is 3.87. The second-order valence-electron chi connectivity index (χ2n) is 4.90. The van der Waals surface area contributed by atoms with E-state index in [1.807, 2.05) is 0 Å². The highest BCUT2D eigenvalue weighted by Crippen LogP contribution is 2.35. The number of rotatable bonds is 1. The van der Waals surface area contributed by atoms with E-state index in [1.54, 1.807) is 5.56 Å². The first-order valence-electron chi connectivity index (χ1n) is 6.45. The maximum atomic E-state index is 5.45. The molecule has 1 atom stereocenters. The lowest BCUT2D eigenvalue weighted by molar-refractivity contribution is 0.0124. The molecule has 1 aliphatic carbocycles. The molecule has 1 saturated heterocycles. The standard InChI is InChI=1S/C14H18BrNO/c15-12-4-5-13-11(10-12)2-1-3-14(13)16-6-8-17-9-7-16/h4-5,10,14H,1-3,6-9H2.